The molecule has 1 aliphatic heterocycles. The second-order valence-corrected chi connectivity index (χ2v) is 5.16. The third-order valence-corrected chi connectivity index (χ3v) is 3.98. The minimum Gasteiger partial charge on any atom is -0.370 e. The topological polar surface area (TPSA) is 3.24 Å². The number of hydrogen-bond acceptors (Lipinski definition) is 1. The molecule has 0 fully saturated rings. The second-order valence-electron chi connectivity index (χ2n) is 5.16. The van der Waals surface area contributed by atoms with E-state index < -0.39 is 0 Å². The molecule has 0 N–H and O–H groups in total. The summed E-state index contributed by atoms with van der Waals surface area (Å²) in [7, 11) is 2.18. The fourth-order valence-corrected chi connectivity index (χ4v) is 3.00. The Morgan fingerprint density at radius 3 is 2.39 bits per heavy atom. The first-order valence-corrected chi connectivity index (χ1v) is 6.45. The van der Waals surface area contributed by atoms with Crippen molar-refractivity contribution in [2.75, 3.05) is 11.9 Å². The highest BCUT2D eigenvalue weighted by molar-refractivity contribution is 6.11. The van der Waals surface area contributed by atoms with Gasteiger partial charge in [0.15, 0.2) is 0 Å². The highest BCUT2D eigenvalue weighted by Crippen LogP contribution is 2.51. The minimum atomic E-state index is 0.990. The Bertz CT molecular complexity index is 667. The van der Waals surface area contributed by atoms with Gasteiger partial charge in [-0.3, -0.25) is 0 Å². The van der Waals surface area contributed by atoms with Crippen LogP contribution >= 0.6 is 0 Å². The Kier molecular flexibility index (Phi) is 1.93. The molecule has 0 unspecified atom stereocenters. The Morgan fingerprint density at radius 1 is 0.833 bits per heavy atom. The van der Waals surface area contributed by atoms with Gasteiger partial charge in [-0.25, -0.2) is 0 Å². The van der Waals surface area contributed by atoms with Crippen molar-refractivity contribution in [2.45, 2.75) is 13.0 Å². The predicted molar refractivity (Wildman–Crippen MR) is 76.4 cm³/mol. The van der Waals surface area contributed by atoms with E-state index in [9.17, 15) is 0 Å². The smallest absolute Gasteiger partial charge is 0.0443 e. The van der Waals surface area contributed by atoms with E-state index in [1.165, 1.54) is 28.0 Å². The Hall–Kier alpha value is -2.02. The Labute approximate surface area is 107 Å². The number of allylic oxidation sites excluding steroid dienone is 2. The van der Waals surface area contributed by atoms with E-state index >= 15 is 0 Å². The second kappa shape index (κ2) is 3.49. The molecule has 1 nitrogen and oxygen atoms in total. The highest BCUT2D eigenvalue weighted by Gasteiger charge is 2.30. The fraction of sp³-hybridized carbons (Fsp3) is 0.176. The van der Waals surface area contributed by atoms with Crippen LogP contribution in [0.4, 0.5) is 5.69 Å². The van der Waals surface area contributed by atoms with Gasteiger partial charge in [-0.2, -0.15) is 0 Å². The van der Waals surface area contributed by atoms with E-state index in [0.717, 1.165) is 13.0 Å². The van der Waals surface area contributed by atoms with Crippen molar-refractivity contribution in [3.8, 4) is 0 Å². The normalized spacial score (nSPS) is 16.4. The molecule has 1 heteroatoms. The summed E-state index contributed by atoms with van der Waals surface area (Å²) < 4.78 is 0. The molecule has 1 heterocycles. The summed E-state index contributed by atoms with van der Waals surface area (Å²) in [6.07, 6.45) is 1.15. The summed E-state index contributed by atoms with van der Waals surface area (Å²) in [6.45, 7) is 0.990. The monoisotopic (exact) mass is 233 g/mol. The first kappa shape index (κ1) is 9.95. The van der Waals surface area contributed by atoms with Crippen LogP contribution in [-0.2, 0) is 6.54 Å². The van der Waals surface area contributed by atoms with Gasteiger partial charge in [0.2, 0.25) is 0 Å². The molecule has 4 rings (SSSR count). The average Bonchev–Trinajstić information content (AvgIpc) is 3.18. The number of rotatable bonds is 0. The molecule has 0 radical (unpaired) electrons. The molecule has 0 bridgehead atoms. The standard InChI is InChI=1S/C17H15N/c1-18-11-12-6-2-3-7-13(12)15-10-16(15)14-8-4-5-9-17(14)18/h2-9H,10-11H2,1H3. The predicted octanol–water partition coefficient (Wildman–Crippen LogP) is 3.95. The average molecular weight is 233 g/mol. The summed E-state index contributed by atoms with van der Waals surface area (Å²) in [5.41, 5.74) is 8.76. The van der Waals surface area contributed by atoms with Crippen molar-refractivity contribution in [3.63, 3.8) is 0 Å². The summed E-state index contributed by atoms with van der Waals surface area (Å²) >= 11 is 0. The molecular weight excluding hydrogens is 218 g/mol. The van der Waals surface area contributed by atoms with E-state index in [1.807, 2.05) is 0 Å². The summed E-state index contributed by atoms with van der Waals surface area (Å²) in [6, 6.07) is 17.6. The minimum absolute atomic E-state index is 0.990. The van der Waals surface area contributed by atoms with Crippen LogP contribution in [0.5, 0.6) is 0 Å². The van der Waals surface area contributed by atoms with Gasteiger partial charge in [0.25, 0.3) is 0 Å². The van der Waals surface area contributed by atoms with Crippen molar-refractivity contribution in [3.05, 3.63) is 65.2 Å². The molecule has 2 aromatic carbocycles. The number of fused-ring (bicyclic) bond motifs is 4. The van der Waals surface area contributed by atoms with E-state index in [4.69, 9.17) is 0 Å². The number of anilines is 1. The van der Waals surface area contributed by atoms with Crippen LogP contribution in [-0.4, -0.2) is 7.05 Å². The summed E-state index contributed by atoms with van der Waals surface area (Å²) in [5, 5.41) is 0. The lowest BCUT2D eigenvalue weighted by molar-refractivity contribution is 0.918. The van der Waals surface area contributed by atoms with Crippen molar-refractivity contribution < 1.29 is 0 Å². The van der Waals surface area contributed by atoms with Gasteiger partial charge in [-0.05, 0) is 34.8 Å². The van der Waals surface area contributed by atoms with Crippen molar-refractivity contribution in [1.82, 2.24) is 0 Å². The maximum absolute atomic E-state index is 2.36. The number of hydrogen-bond donors (Lipinski definition) is 0. The lowest BCUT2D eigenvalue weighted by atomic mass is 10.0. The molecule has 0 aromatic heterocycles. The van der Waals surface area contributed by atoms with Gasteiger partial charge >= 0.3 is 0 Å². The van der Waals surface area contributed by atoms with Gasteiger partial charge < -0.3 is 4.90 Å². The van der Waals surface area contributed by atoms with Crippen molar-refractivity contribution >= 4 is 16.8 Å². The molecular formula is C17H15N. The van der Waals surface area contributed by atoms with Crippen LogP contribution in [0.3, 0.4) is 0 Å². The summed E-state index contributed by atoms with van der Waals surface area (Å²) in [5.74, 6) is 0. The summed E-state index contributed by atoms with van der Waals surface area (Å²) in [4.78, 5) is 2.36. The van der Waals surface area contributed by atoms with Gasteiger partial charge in [0.1, 0.15) is 0 Å². The van der Waals surface area contributed by atoms with E-state index in [2.05, 4.69) is 60.5 Å². The number of nitrogens with zero attached hydrogens (tertiary/aromatic N) is 1. The first-order chi connectivity index (χ1) is 8.84. The molecule has 0 atom stereocenters. The van der Waals surface area contributed by atoms with Crippen LogP contribution in [0, 0.1) is 0 Å². The third-order valence-electron chi connectivity index (χ3n) is 3.98. The van der Waals surface area contributed by atoms with Crippen LogP contribution in [0.1, 0.15) is 23.1 Å². The molecule has 0 amide bonds. The Morgan fingerprint density at radius 2 is 1.50 bits per heavy atom. The van der Waals surface area contributed by atoms with E-state index in [1.54, 1.807) is 5.57 Å². The lowest BCUT2D eigenvalue weighted by Gasteiger charge is -2.24. The third kappa shape index (κ3) is 1.34. The van der Waals surface area contributed by atoms with Gasteiger partial charge in [0, 0.05) is 24.8 Å². The van der Waals surface area contributed by atoms with Crippen LogP contribution in [0.25, 0.3) is 11.1 Å². The maximum Gasteiger partial charge on any atom is 0.0443 e. The number of para-hydroxylation sites is 1. The SMILES string of the molecule is CN1Cc2ccccc2C2=C(C2)c2ccccc21. The molecule has 0 saturated carbocycles. The largest absolute Gasteiger partial charge is 0.370 e. The molecule has 0 spiro atoms. The quantitative estimate of drug-likeness (QED) is 0.666. The lowest BCUT2D eigenvalue weighted by Crippen LogP contribution is -2.18. The number of benzene rings is 2. The van der Waals surface area contributed by atoms with E-state index in [0.29, 0.717) is 0 Å². The van der Waals surface area contributed by atoms with E-state index in [-0.39, 0.29) is 0 Å². The first-order valence-electron chi connectivity index (χ1n) is 6.45. The molecule has 88 valence electrons. The molecule has 2 aromatic rings. The maximum atomic E-state index is 2.36. The van der Waals surface area contributed by atoms with Gasteiger partial charge in [-0.1, -0.05) is 42.5 Å². The zero-order valence-corrected chi connectivity index (χ0v) is 10.5. The molecule has 0 saturated heterocycles. The van der Waals surface area contributed by atoms with Gasteiger partial charge in [-0.15, -0.1) is 0 Å². The van der Waals surface area contributed by atoms with Crippen molar-refractivity contribution in [1.29, 1.82) is 0 Å². The molecule has 2 aliphatic rings. The van der Waals surface area contributed by atoms with Gasteiger partial charge in [0.05, 0.1) is 0 Å². The fourth-order valence-electron chi connectivity index (χ4n) is 3.00. The molecule has 18 heavy (non-hydrogen) atoms. The van der Waals surface area contributed by atoms with Crippen molar-refractivity contribution in [2.24, 2.45) is 0 Å². The van der Waals surface area contributed by atoms with Crippen LogP contribution in [0.2, 0.25) is 0 Å². The zero-order chi connectivity index (χ0) is 12.1. The zero-order valence-electron chi connectivity index (χ0n) is 10.5. The molecule has 1 aliphatic carbocycles. The highest BCUT2D eigenvalue weighted by atomic mass is 15.1. The van der Waals surface area contributed by atoms with Crippen LogP contribution < -0.4 is 4.90 Å². The van der Waals surface area contributed by atoms with Crippen LogP contribution in [0.15, 0.2) is 48.5 Å². The Balaban J connectivity index is 1.98.